The second-order valence-electron chi connectivity index (χ2n) is 5.22. The minimum absolute atomic E-state index is 0.257. The summed E-state index contributed by atoms with van der Waals surface area (Å²) in [7, 11) is -3.37. The Morgan fingerprint density at radius 1 is 1.27 bits per heavy atom. The molecular formula is C15H19N3O3S. The smallest absolute Gasteiger partial charge is 0.238 e. The van der Waals surface area contributed by atoms with Gasteiger partial charge in [-0.05, 0) is 12.5 Å². The predicted octanol–water partition coefficient (Wildman–Crippen LogP) is 0.981. The summed E-state index contributed by atoms with van der Waals surface area (Å²) in [6.07, 6.45) is 4.54. The van der Waals surface area contributed by atoms with Gasteiger partial charge in [-0.1, -0.05) is 30.3 Å². The third kappa shape index (κ3) is 4.42. The monoisotopic (exact) mass is 321 g/mol. The fraction of sp³-hybridized carbons (Fsp3) is 0.333. The number of benzene rings is 1. The van der Waals surface area contributed by atoms with Crippen LogP contribution in [0.2, 0.25) is 0 Å². The van der Waals surface area contributed by atoms with Crippen LogP contribution < -0.4 is 5.32 Å². The van der Waals surface area contributed by atoms with Crippen molar-refractivity contribution < 1.29 is 13.2 Å². The zero-order valence-electron chi connectivity index (χ0n) is 12.6. The highest BCUT2D eigenvalue weighted by Gasteiger charge is 2.23. The number of amides is 1. The molecule has 0 spiro atoms. The highest BCUT2D eigenvalue weighted by molar-refractivity contribution is 7.92. The van der Waals surface area contributed by atoms with Gasteiger partial charge >= 0.3 is 0 Å². The van der Waals surface area contributed by atoms with Gasteiger partial charge in [-0.15, -0.1) is 0 Å². The molecule has 1 aromatic heterocycles. The summed E-state index contributed by atoms with van der Waals surface area (Å²) in [4.78, 5) is 11.7. The van der Waals surface area contributed by atoms with E-state index >= 15 is 0 Å². The van der Waals surface area contributed by atoms with Gasteiger partial charge in [-0.25, -0.2) is 8.42 Å². The van der Waals surface area contributed by atoms with E-state index < -0.39 is 21.0 Å². The molecule has 0 aliphatic heterocycles. The van der Waals surface area contributed by atoms with E-state index in [0.29, 0.717) is 6.54 Å². The van der Waals surface area contributed by atoms with Crippen LogP contribution in [-0.2, 0) is 27.7 Å². The summed E-state index contributed by atoms with van der Waals surface area (Å²) in [5.41, 5.74) is 1.96. The third-order valence-electron chi connectivity index (χ3n) is 3.35. The van der Waals surface area contributed by atoms with Gasteiger partial charge in [-0.2, -0.15) is 5.10 Å². The number of hydrogen-bond acceptors (Lipinski definition) is 4. The van der Waals surface area contributed by atoms with Crippen LogP contribution in [0.3, 0.4) is 0 Å². The lowest BCUT2D eigenvalue weighted by atomic mass is 10.2. The molecule has 0 aliphatic rings. The molecular weight excluding hydrogens is 302 g/mol. The van der Waals surface area contributed by atoms with Crippen LogP contribution in [0.1, 0.15) is 18.1 Å². The first-order chi connectivity index (χ1) is 10.4. The summed E-state index contributed by atoms with van der Waals surface area (Å²) in [5, 5.41) is 5.79. The van der Waals surface area contributed by atoms with Crippen molar-refractivity contribution in [2.45, 2.75) is 25.3 Å². The van der Waals surface area contributed by atoms with Crippen molar-refractivity contribution >= 4 is 15.7 Å². The van der Waals surface area contributed by atoms with Gasteiger partial charge in [0.05, 0.1) is 12.7 Å². The molecule has 2 rings (SSSR count). The molecule has 2 aromatic rings. The number of aromatic nitrogens is 2. The van der Waals surface area contributed by atoms with Gasteiger partial charge in [0.15, 0.2) is 9.84 Å². The average molecular weight is 321 g/mol. The fourth-order valence-corrected chi connectivity index (χ4v) is 2.35. The van der Waals surface area contributed by atoms with Gasteiger partial charge in [-0.3, -0.25) is 9.48 Å². The van der Waals surface area contributed by atoms with Crippen molar-refractivity contribution in [1.82, 2.24) is 15.1 Å². The number of nitrogens with one attached hydrogen (secondary N) is 1. The molecule has 6 nitrogen and oxygen atoms in total. The molecule has 0 radical (unpaired) electrons. The Kier molecular flexibility index (Phi) is 4.97. The van der Waals surface area contributed by atoms with Crippen LogP contribution in [0.5, 0.6) is 0 Å². The molecule has 1 aromatic carbocycles. The second-order valence-corrected chi connectivity index (χ2v) is 7.59. The van der Waals surface area contributed by atoms with Crippen molar-refractivity contribution in [3.05, 3.63) is 53.9 Å². The molecule has 0 fully saturated rings. The standard InChI is InChI=1S/C15H19N3O3S/c1-12(22(2,20)21)15(19)16-8-14-9-17-18(11-14)10-13-6-4-3-5-7-13/h3-7,9,11-12H,8,10H2,1-2H3,(H,16,19). The fourth-order valence-electron chi connectivity index (χ4n) is 1.88. The van der Waals surface area contributed by atoms with E-state index in [4.69, 9.17) is 0 Å². The van der Waals surface area contributed by atoms with Crippen molar-refractivity contribution in [2.75, 3.05) is 6.26 Å². The van der Waals surface area contributed by atoms with Gasteiger partial charge in [0.1, 0.15) is 5.25 Å². The van der Waals surface area contributed by atoms with Crippen LogP contribution in [-0.4, -0.2) is 35.6 Å². The topological polar surface area (TPSA) is 81.1 Å². The Bertz CT molecular complexity index is 738. The van der Waals surface area contributed by atoms with Gasteiger partial charge in [0.25, 0.3) is 0 Å². The Morgan fingerprint density at radius 3 is 2.59 bits per heavy atom. The quantitative estimate of drug-likeness (QED) is 0.860. The second kappa shape index (κ2) is 6.74. The van der Waals surface area contributed by atoms with Crippen molar-refractivity contribution in [1.29, 1.82) is 0 Å². The van der Waals surface area contributed by atoms with Crippen LogP contribution in [0, 0.1) is 0 Å². The first-order valence-electron chi connectivity index (χ1n) is 6.88. The molecule has 1 heterocycles. The van der Waals surface area contributed by atoms with E-state index in [9.17, 15) is 13.2 Å². The zero-order chi connectivity index (χ0) is 16.2. The predicted molar refractivity (Wildman–Crippen MR) is 83.9 cm³/mol. The zero-order valence-corrected chi connectivity index (χ0v) is 13.4. The lowest BCUT2D eigenvalue weighted by Gasteiger charge is -2.09. The Labute approximate surface area is 130 Å². The molecule has 1 atom stereocenters. The Balaban J connectivity index is 1.91. The molecule has 1 N–H and O–H groups in total. The number of rotatable bonds is 6. The van der Waals surface area contributed by atoms with E-state index in [-0.39, 0.29) is 6.54 Å². The van der Waals surface area contributed by atoms with Crippen LogP contribution >= 0.6 is 0 Å². The summed E-state index contributed by atoms with van der Waals surface area (Å²) < 4.78 is 24.4. The Morgan fingerprint density at radius 2 is 1.95 bits per heavy atom. The van der Waals surface area contributed by atoms with E-state index in [1.165, 1.54) is 6.92 Å². The SMILES string of the molecule is CC(C(=O)NCc1cnn(Cc2ccccc2)c1)S(C)(=O)=O. The van der Waals surface area contributed by atoms with Gasteiger partial charge in [0.2, 0.25) is 5.91 Å². The lowest BCUT2D eigenvalue weighted by molar-refractivity contribution is -0.120. The molecule has 22 heavy (non-hydrogen) atoms. The minimum Gasteiger partial charge on any atom is -0.351 e. The van der Waals surface area contributed by atoms with E-state index in [1.807, 2.05) is 36.5 Å². The normalized spacial score (nSPS) is 12.8. The number of carbonyl (C=O) groups excluding carboxylic acids is 1. The molecule has 1 amide bonds. The van der Waals surface area contributed by atoms with Gasteiger partial charge < -0.3 is 5.32 Å². The lowest BCUT2D eigenvalue weighted by Crippen LogP contribution is -2.36. The van der Waals surface area contributed by atoms with Gasteiger partial charge in [0, 0.05) is 24.6 Å². The van der Waals surface area contributed by atoms with E-state index in [2.05, 4.69) is 10.4 Å². The molecule has 7 heteroatoms. The number of hydrogen-bond donors (Lipinski definition) is 1. The summed E-state index contributed by atoms with van der Waals surface area (Å²) in [6, 6.07) is 9.91. The summed E-state index contributed by atoms with van der Waals surface area (Å²) >= 11 is 0. The third-order valence-corrected chi connectivity index (χ3v) is 4.85. The average Bonchev–Trinajstić information content (AvgIpc) is 2.91. The van der Waals surface area contributed by atoms with Crippen LogP contribution in [0.25, 0.3) is 0 Å². The van der Waals surface area contributed by atoms with E-state index in [0.717, 1.165) is 17.4 Å². The molecule has 0 saturated heterocycles. The summed E-state index contributed by atoms with van der Waals surface area (Å²) in [6.45, 7) is 2.28. The molecule has 0 aliphatic carbocycles. The Hall–Kier alpha value is -2.15. The first-order valence-corrected chi connectivity index (χ1v) is 8.83. The molecule has 118 valence electrons. The highest BCUT2D eigenvalue weighted by Crippen LogP contribution is 2.04. The van der Waals surface area contributed by atoms with Crippen molar-refractivity contribution in [2.24, 2.45) is 0 Å². The van der Waals surface area contributed by atoms with Crippen LogP contribution in [0.15, 0.2) is 42.7 Å². The maximum absolute atomic E-state index is 11.7. The summed E-state index contributed by atoms with van der Waals surface area (Å²) in [5.74, 6) is -0.502. The van der Waals surface area contributed by atoms with Crippen LogP contribution in [0.4, 0.5) is 0 Å². The maximum atomic E-state index is 11.7. The largest absolute Gasteiger partial charge is 0.351 e. The number of sulfone groups is 1. The number of nitrogens with zero attached hydrogens (tertiary/aromatic N) is 2. The highest BCUT2D eigenvalue weighted by atomic mass is 32.2. The number of carbonyl (C=O) groups is 1. The first kappa shape index (κ1) is 16.2. The molecule has 0 saturated carbocycles. The maximum Gasteiger partial charge on any atom is 0.238 e. The van der Waals surface area contributed by atoms with E-state index in [1.54, 1.807) is 10.9 Å². The van der Waals surface area contributed by atoms with Crippen molar-refractivity contribution in [3.8, 4) is 0 Å². The van der Waals surface area contributed by atoms with Crippen molar-refractivity contribution in [3.63, 3.8) is 0 Å². The minimum atomic E-state index is -3.37. The molecule has 0 bridgehead atoms. The molecule has 1 unspecified atom stereocenters.